The first kappa shape index (κ1) is 26.7. The van der Waals surface area contributed by atoms with Crippen molar-refractivity contribution < 1.29 is 4.79 Å². The fraction of sp³-hybridized carbons (Fsp3) is 0.483. The zero-order valence-electron chi connectivity index (χ0n) is 22.3. The van der Waals surface area contributed by atoms with E-state index in [1.54, 1.807) is 10.9 Å². The van der Waals surface area contributed by atoms with Crippen LogP contribution in [-0.4, -0.2) is 64.4 Å². The summed E-state index contributed by atoms with van der Waals surface area (Å²) in [5, 5.41) is 7.38. The van der Waals surface area contributed by atoms with Crippen molar-refractivity contribution >= 4 is 11.6 Å². The monoisotopic (exact) mass is 504 g/mol. The Hall–Kier alpha value is -3.39. The number of nitrogens with one attached hydrogen (secondary N) is 1. The fourth-order valence-corrected chi connectivity index (χ4v) is 4.85. The second-order valence-corrected chi connectivity index (χ2v) is 10.1. The summed E-state index contributed by atoms with van der Waals surface area (Å²) in [6.45, 7) is 11.1. The zero-order valence-corrected chi connectivity index (χ0v) is 22.3. The van der Waals surface area contributed by atoms with Gasteiger partial charge in [-0.3, -0.25) is 9.69 Å². The van der Waals surface area contributed by atoms with Crippen molar-refractivity contribution in [1.29, 1.82) is 0 Å². The number of amides is 1. The van der Waals surface area contributed by atoms with Crippen molar-refractivity contribution in [2.45, 2.75) is 52.0 Å². The van der Waals surface area contributed by atoms with Crippen LogP contribution in [0.3, 0.4) is 0 Å². The molecule has 198 valence electrons. The quantitative estimate of drug-likeness (QED) is 0.402. The number of carbonyl (C=O) groups excluding carboxylic acids is 1. The van der Waals surface area contributed by atoms with Gasteiger partial charge in [0.1, 0.15) is 6.33 Å². The first-order valence-electron chi connectivity index (χ1n) is 13.5. The number of carbonyl (C=O) groups is 1. The molecule has 1 saturated heterocycles. The van der Waals surface area contributed by atoms with Crippen LogP contribution in [0.4, 0.5) is 5.69 Å². The van der Waals surface area contributed by atoms with E-state index in [0.29, 0.717) is 0 Å². The molecule has 1 amide bonds. The number of nitrogens with zero attached hydrogens (tertiary/aromatic N) is 5. The highest BCUT2D eigenvalue weighted by atomic mass is 16.2. The Morgan fingerprint density at radius 1 is 0.946 bits per heavy atom. The Morgan fingerprint density at radius 2 is 1.62 bits per heavy atom. The fourth-order valence-electron chi connectivity index (χ4n) is 4.85. The molecule has 2 aromatic carbocycles. The Labute approximate surface area is 219 Å². The molecule has 8 heteroatoms. The third-order valence-electron chi connectivity index (χ3n) is 7.09. The van der Waals surface area contributed by atoms with Crippen LogP contribution in [0.5, 0.6) is 0 Å². The number of hydrogen-bond acceptors (Lipinski definition) is 5. The minimum Gasteiger partial charge on any atom is -0.369 e. The van der Waals surface area contributed by atoms with Crippen molar-refractivity contribution in [2.24, 2.45) is 0 Å². The first-order chi connectivity index (χ1) is 18.0. The van der Waals surface area contributed by atoms with Crippen LogP contribution in [0.25, 0.3) is 5.69 Å². The molecule has 1 aliphatic rings. The average molecular weight is 505 g/mol. The minimum atomic E-state index is -0.168. The molecule has 1 unspecified atom stereocenters. The normalized spacial score (nSPS) is 15.2. The highest BCUT2D eigenvalue weighted by Crippen LogP contribution is 2.22. The van der Waals surface area contributed by atoms with Gasteiger partial charge in [-0.15, -0.1) is 0 Å². The van der Waals surface area contributed by atoms with E-state index in [1.807, 2.05) is 44.2 Å². The Morgan fingerprint density at radius 3 is 2.24 bits per heavy atom. The summed E-state index contributed by atoms with van der Waals surface area (Å²) in [6.07, 6.45) is 4.89. The van der Waals surface area contributed by atoms with Gasteiger partial charge in [-0.2, -0.15) is 5.10 Å². The van der Waals surface area contributed by atoms with Crippen molar-refractivity contribution in [3.63, 3.8) is 0 Å². The third-order valence-corrected chi connectivity index (χ3v) is 7.09. The van der Waals surface area contributed by atoms with Gasteiger partial charge in [-0.1, -0.05) is 50.1 Å². The van der Waals surface area contributed by atoms with E-state index in [-0.39, 0.29) is 23.6 Å². The van der Waals surface area contributed by atoms with Crippen molar-refractivity contribution in [3.05, 3.63) is 77.0 Å². The smallest absolute Gasteiger partial charge is 0.350 e. The minimum absolute atomic E-state index is 0.0259. The Bertz CT molecular complexity index is 1180. The maximum atomic E-state index is 13.1. The lowest BCUT2D eigenvalue weighted by molar-refractivity contribution is -0.123. The summed E-state index contributed by atoms with van der Waals surface area (Å²) in [4.78, 5) is 30.4. The van der Waals surface area contributed by atoms with Crippen LogP contribution in [0.15, 0.2) is 65.7 Å². The Kier molecular flexibility index (Phi) is 9.17. The summed E-state index contributed by atoms with van der Waals surface area (Å²) in [7, 11) is 0. The molecule has 8 nitrogen and oxygen atoms in total. The summed E-state index contributed by atoms with van der Waals surface area (Å²) in [5.74, 6) is -0.0462. The second-order valence-electron chi connectivity index (χ2n) is 10.1. The van der Waals surface area contributed by atoms with E-state index >= 15 is 0 Å². The number of hydrogen-bond donors (Lipinski definition) is 1. The van der Waals surface area contributed by atoms with Gasteiger partial charge >= 0.3 is 5.69 Å². The van der Waals surface area contributed by atoms with Gasteiger partial charge in [-0.25, -0.2) is 14.0 Å². The van der Waals surface area contributed by atoms with Crippen molar-refractivity contribution in [2.75, 3.05) is 44.2 Å². The number of rotatable bonds is 11. The maximum absolute atomic E-state index is 13.1. The first-order valence-corrected chi connectivity index (χ1v) is 13.5. The molecule has 37 heavy (non-hydrogen) atoms. The van der Waals surface area contributed by atoms with E-state index in [9.17, 15) is 9.59 Å². The molecule has 0 saturated carbocycles. The third kappa shape index (κ3) is 6.68. The molecule has 2 heterocycles. The Balaban J connectivity index is 1.35. The number of aromatic nitrogens is 3. The number of anilines is 1. The van der Waals surface area contributed by atoms with Crippen LogP contribution >= 0.6 is 0 Å². The molecule has 0 radical (unpaired) electrons. The lowest BCUT2D eigenvalue weighted by Gasteiger charge is -2.37. The lowest BCUT2D eigenvalue weighted by atomic mass is 9.97. The number of unbranched alkanes of at least 4 members (excludes halogenated alkanes) is 2. The summed E-state index contributed by atoms with van der Waals surface area (Å²) in [5.41, 5.74) is 2.90. The highest BCUT2D eigenvalue weighted by Gasteiger charge is 2.26. The summed E-state index contributed by atoms with van der Waals surface area (Å²) >= 11 is 0. The standard InChI is InChI=1S/C29H40N6O2/c1-4-5-9-16-30-28(36)27(24-10-7-6-8-11-24)21-32-17-19-33(20-18-32)25-12-14-26(15-13-25)34-22-31-35(23(2)3)29(34)37/h6-8,10-15,22-23,27H,4-5,9,16-21H2,1-3H3,(H,30,36). The van der Waals surface area contributed by atoms with Gasteiger partial charge < -0.3 is 10.2 Å². The van der Waals surface area contributed by atoms with E-state index in [2.05, 4.69) is 51.4 Å². The number of piperazine rings is 1. The molecule has 1 aromatic heterocycles. The molecule has 1 atom stereocenters. The van der Waals surface area contributed by atoms with Crippen molar-refractivity contribution in [3.8, 4) is 5.69 Å². The molecule has 0 aliphatic carbocycles. The SMILES string of the molecule is CCCCCNC(=O)C(CN1CCN(c2ccc(-n3cnn(C(C)C)c3=O)cc2)CC1)c1ccccc1. The van der Waals surface area contributed by atoms with E-state index in [4.69, 9.17) is 0 Å². The largest absolute Gasteiger partial charge is 0.369 e. The molecule has 4 rings (SSSR count). The van der Waals surface area contributed by atoms with Crippen LogP contribution in [0.1, 0.15) is 57.6 Å². The molecular formula is C29H40N6O2. The highest BCUT2D eigenvalue weighted by molar-refractivity contribution is 5.83. The summed E-state index contributed by atoms with van der Waals surface area (Å²) < 4.78 is 3.07. The predicted molar refractivity (Wildman–Crippen MR) is 149 cm³/mol. The maximum Gasteiger partial charge on any atom is 0.350 e. The van der Waals surface area contributed by atoms with Gasteiger partial charge in [0.2, 0.25) is 5.91 Å². The molecular weight excluding hydrogens is 464 g/mol. The van der Waals surface area contributed by atoms with Gasteiger partial charge in [0.05, 0.1) is 17.6 Å². The van der Waals surface area contributed by atoms with Gasteiger partial charge in [0.15, 0.2) is 0 Å². The van der Waals surface area contributed by atoms with Gasteiger partial charge in [-0.05, 0) is 50.1 Å². The summed E-state index contributed by atoms with van der Waals surface area (Å²) in [6, 6.07) is 18.3. The lowest BCUT2D eigenvalue weighted by Crippen LogP contribution is -2.49. The average Bonchev–Trinajstić information content (AvgIpc) is 3.32. The van der Waals surface area contributed by atoms with Crippen LogP contribution in [0.2, 0.25) is 0 Å². The van der Waals surface area contributed by atoms with Crippen LogP contribution < -0.4 is 15.9 Å². The van der Waals surface area contributed by atoms with E-state index in [0.717, 1.165) is 75.5 Å². The van der Waals surface area contributed by atoms with Gasteiger partial charge in [0, 0.05) is 45.0 Å². The van der Waals surface area contributed by atoms with Crippen LogP contribution in [0, 0.1) is 0 Å². The van der Waals surface area contributed by atoms with Crippen molar-refractivity contribution in [1.82, 2.24) is 24.6 Å². The predicted octanol–water partition coefficient (Wildman–Crippen LogP) is 3.83. The molecule has 1 fully saturated rings. The molecule has 0 bridgehead atoms. The number of benzene rings is 2. The molecule has 1 aliphatic heterocycles. The second kappa shape index (κ2) is 12.7. The van der Waals surface area contributed by atoms with Crippen LogP contribution in [-0.2, 0) is 4.79 Å². The molecule has 0 spiro atoms. The van der Waals surface area contributed by atoms with E-state index in [1.165, 1.54) is 4.68 Å². The molecule has 1 N–H and O–H groups in total. The van der Waals surface area contributed by atoms with E-state index < -0.39 is 0 Å². The zero-order chi connectivity index (χ0) is 26.2. The van der Waals surface area contributed by atoms with Gasteiger partial charge in [0.25, 0.3) is 0 Å². The molecule has 3 aromatic rings. The topological polar surface area (TPSA) is 75.4 Å².